The van der Waals surface area contributed by atoms with Crippen LogP contribution in [-0.2, 0) is 0 Å². The van der Waals surface area contributed by atoms with Crippen LogP contribution in [0.4, 0.5) is 5.69 Å². The van der Waals surface area contributed by atoms with E-state index in [2.05, 4.69) is 5.32 Å². The normalized spacial score (nSPS) is 7.58. The zero-order valence-corrected chi connectivity index (χ0v) is 7.39. The van der Waals surface area contributed by atoms with Crippen LogP contribution >= 0.6 is 0 Å². The van der Waals surface area contributed by atoms with Gasteiger partial charge >= 0.3 is 17.6 Å². The molecule has 70 valence electrons. The van der Waals surface area contributed by atoms with Gasteiger partial charge in [-0.15, -0.1) is 0 Å². The van der Waals surface area contributed by atoms with Crippen molar-refractivity contribution in [2.45, 2.75) is 6.92 Å². The van der Waals surface area contributed by atoms with Gasteiger partial charge in [0.1, 0.15) is 0 Å². The number of nitrogen functional groups attached to an aromatic ring is 1. The molecule has 0 saturated heterocycles. The molecule has 2 nitrogen and oxygen atoms in total. The molecule has 0 bridgehead atoms. The molecule has 1 aromatic rings. The van der Waals surface area contributed by atoms with Crippen molar-refractivity contribution in [1.29, 1.82) is 0 Å². The van der Waals surface area contributed by atoms with Crippen molar-refractivity contribution in [3.63, 3.8) is 0 Å². The summed E-state index contributed by atoms with van der Waals surface area (Å²) in [6.45, 7) is 2.00. The molecule has 0 atom stereocenters. The Bertz CT molecular complexity index is 180. The molecule has 0 radical (unpaired) electrons. The minimum absolute atomic E-state index is 0. The number of aryl methyl sites for hydroxylation is 1. The van der Waals surface area contributed by atoms with E-state index in [0.29, 0.717) is 0 Å². The fourth-order valence-electron chi connectivity index (χ4n) is 0.587. The fourth-order valence-corrected chi connectivity index (χ4v) is 0.587. The van der Waals surface area contributed by atoms with E-state index in [1.165, 1.54) is 0 Å². The van der Waals surface area contributed by atoms with Crippen LogP contribution in [0.3, 0.4) is 0 Å². The first kappa shape index (κ1) is 14.1. The SMILES string of the molecule is CNC.Cc1ccccc1N.[GeH4]. The van der Waals surface area contributed by atoms with Crippen molar-refractivity contribution in [2.24, 2.45) is 0 Å². The Kier molecular flexibility index (Phi) is 10.1. The van der Waals surface area contributed by atoms with Gasteiger partial charge in [-0.25, -0.2) is 0 Å². The molecule has 0 aromatic heterocycles. The molecule has 1 rings (SSSR count). The van der Waals surface area contributed by atoms with Crippen LogP contribution < -0.4 is 11.1 Å². The van der Waals surface area contributed by atoms with Crippen LogP contribution in [0.1, 0.15) is 5.56 Å². The van der Waals surface area contributed by atoms with E-state index >= 15 is 0 Å². The zero-order valence-electron chi connectivity index (χ0n) is 7.39. The van der Waals surface area contributed by atoms with Gasteiger partial charge in [0.15, 0.2) is 0 Å². The zero-order chi connectivity index (χ0) is 8.69. The Hall–Kier alpha value is -0.477. The predicted molar refractivity (Wildman–Crippen MR) is 61.9 cm³/mol. The van der Waals surface area contributed by atoms with Crippen LogP contribution in [0.15, 0.2) is 24.3 Å². The van der Waals surface area contributed by atoms with Gasteiger partial charge < -0.3 is 11.1 Å². The second-order valence-electron chi connectivity index (χ2n) is 2.36. The Morgan fingerprint density at radius 2 is 1.58 bits per heavy atom. The average molecular weight is 229 g/mol. The molecular weight excluding hydrogens is 209 g/mol. The van der Waals surface area contributed by atoms with Gasteiger partial charge in [0.2, 0.25) is 0 Å². The number of benzene rings is 1. The molecule has 0 unspecified atom stereocenters. The molecule has 0 amide bonds. The second kappa shape index (κ2) is 8.62. The molecule has 0 spiro atoms. The van der Waals surface area contributed by atoms with E-state index in [4.69, 9.17) is 5.73 Å². The average Bonchev–Trinajstić information content (AvgIpc) is 1.97. The summed E-state index contributed by atoms with van der Waals surface area (Å²) in [5.41, 5.74) is 7.53. The first-order valence-electron chi connectivity index (χ1n) is 3.62. The van der Waals surface area contributed by atoms with E-state index in [9.17, 15) is 0 Å². The first-order valence-corrected chi connectivity index (χ1v) is 3.62. The fraction of sp³-hybridized carbons (Fsp3) is 0.333. The number of nitrogens with one attached hydrogen (secondary N) is 1. The van der Waals surface area contributed by atoms with Crippen molar-refractivity contribution < 1.29 is 0 Å². The molecule has 1 aromatic carbocycles. The van der Waals surface area contributed by atoms with Gasteiger partial charge in [0.25, 0.3) is 0 Å². The first-order chi connectivity index (χ1) is 5.22. The third kappa shape index (κ3) is 6.25. The number of hydrogen-bond acceptors (Lipinski definition) is 2. The Morgan fingerprint density at radius 3 is 1.83 bits per heavy atom. The summed E-state index contributed by atoms with van der Waals surface area (Å²) >= 11 is 0. The van der Waals surface area contributed by atoms with Gasteiger partial charge in [-0.05, 0) is 32.6 Å². The Balaban J connectivity index is 0. The van der Waals surface area contributed by atoms with E-state index < -0.39 is 0 Å². The van der Waals surface area contributed by atoms with Crippen LogP contribution in [-0.4, -0.2) is 31.7 Å². The topological polar surface area (TPSA) is 38.0 Å². The molecule has 0 saturated carbocycles. The maximum atomic E-state index is 5.52. The van der Waals surface area contributed by atoms with E-state index in [1.807, 2.05) is 45.3 Å². The number of para-hydroxylation sites is 1. The van der Waals surface area contributed by atoms with Crippen LogP contribution in [0.25, 0.3) is 0 Å². The quantitative estimate of drug-likeness (QED) is 0.483. The van der Waals surface area contributed by atoms with Gasteiger partial charge in [-0.1, -0.05) is 18.2 Å². The van der Waals surface area contributed by atoms with Crippen molar-refractivity contribution in [1.82, 2.24) is 5.32 Å². The summed E-state index contributed by atoms with van der Waals surface area (Å²) in [5.74, 6) is 0. The molecule has 0 aliphatic heterocycles. The van der Waals surface area contributed by atoms with Gasteiger partial charge in [-0.3, -0.25) is 0 Å². The molecule has 3 heteroatoms. The van der Waals surface area contributed by atoms with Crippen molar-refractivity contribution in [3.8, 4) is 0 Å². The Morgan fingerprint density at radius 1 is 1.17 bits per heavy atom. The van der Waals surface area contributed by atoms with E-state index in [0.717, 1.165) is 11.3 Å². The van der Waals surface area contributed by atoms with Crippen molar-refractivity contribution in [3.05, 3.63) is 29.8 Å². The van der Waals surface area contributed by atoms with Gasteiger partial charge in [0.05, 0.1) is 0 Å². The molecule has 0 fully saturated rings. The molecule has 0 heterocycles. The number of rotatable bonds is 0. The monoisotopic (exact) mass is 230 g/mol. The number of anilines is 1. The summed E-state index contributed by atoms with van der Waals surface area (Å²) in [6, 6.07) is 7.80. The summed E-state index contributed by atoms with van der Waals surface area (Å²) in [6.07, 6.45) is 0. The third-order valence-corrected chi connectivity index (χ3v) is 1.19. The Labute approximate surface area is 85.5 Å². The summed E-state index contributed by atoms with van der Waals surface area (Å²) in [7, 11) is 3.75. The van der Waals surface area contributed by atoms with E-state index in [1.54, 1.807) is 0 Å². The van der Waals surface area contributed by atoms with Crippen molar-refractivity contribution in [2.75, 3.05) is 19.8 Å². The predicted octanol–water partition coefficient (Wildman–Crippen LogP) is -0.0388. The van der Waals surface area contributed by atoms with E-state index in [-0.39, 0.29) is 17.6 Å². The molecule has 3 N–H and O–H groups in total. The number of nitrogens with two attached hydrogens (primary N) is 1. The molecular formula is C9H20GeN2. The summed E-state index contributed by atoms with van der Waals surface area (Å²) in [4.78, 5) is 0. The second-order valence-corrected chi connectivity index (χ2v) is 2.36. The van der Waals surface area contributed by atoms with Crippen LogP contribution in [0, 0.1) is 6.92 Å². The standard InChI is InChI=1S/C7H9N.C2H7N.GeH4/c1-6-4-2-3-5-7(6)8;1-3-2;/h2-5H,8H2,1H3;3H,1-2H3;1H4. The van der Waals surface area contributed by atoms with Crippen molar-refractivity contribution >= 4 is 23.3 Å². The summed E-state index contributed by atoms with van der Waals surface area (Å²) in [5, 5.41) is 2.75. The molecule has 12 heavy (non-hydrogen) atoms. The molecule has 0 aliphatic rings. The minimum atomic E-state index is 0. The maximum absolute atomic E-state index is 5.52. The third-order valence-electron chi connectivity index (χ3n) is 1.19. The molecule has 0 aliphatic carbocycles. The summed E-state index contributed by atoms with van der Waals surface area (Å²) < 4.78 is 0. The number of hydrogen-bond donors (Lipinski definition) is 2. The van der Waals surface area contributed by atoms with Gasteiger partial charge in [0, 0.05) is 5.69 Å². The van der Waals surface area contributed by atoms with Crippen LogP contribution in [0.5, 0.6) is 0 Å². The van der Waals surface area contributed by atoms with Crippen LogP contribution in [0.2, 0.25) is 0 Å². The van der Waals surface area contributed by atoms with Gasteiger partial charge in [-0.2, -0.15) is 0 Å².